The molecule has 0 atom stereocenters. The van der Waals surface area contributed by atoms with Crippen LogP contribution in [0.1, 0.15) is 21.7 Å². The van der Waals surface area contributed by atoms with Gasteiger partial charge in [-0.25, -0.2) is 0 Å². The number of aromatic nitrogens is 1. The molecule has 43 heavy (non-hydrogen) atoms. The van der Waals surface area contributed by atoms with Crippen molar-refractivity contribution in [3.63, 3.8) is 0 Å². The van der Waals surface area contributed by atoms with Crippen molar-refractivity contribution in [2.45, 2.75) is 11.8 Å². The summed E-state index contributed by atoms with van der Waals surface area (Å²) >= 11 is 1.32. The lowest BCUT2D eigenvalue weighted by Crippen LogP contribution is -2.30. The molecule has 3 N–H and O–H groups in total. The second-order valence-corrected chi connectivity index (χ2v) is 10.0. The van der Waals surface area contributed by atoms with Crippen LogP contribution in [0.5, 0.6) is 17.2 Å². The van der Waals surface area contributed by atoms with Crippen molar-refractivity contribution in [2.75, 3.05) is 37.7 Å². The third kappa shape index (κ3) is 8.39. The number of hydrogen-bond acceptors (Lipinski definition) is 9. The number of rotatable bonds is 12. The van der Waals surface area contributed by atoms with Crippen molar-refractivity contribution < 1.29 is 33.1 Å². The van der Waals surface area contributed by atoms with E-state index >= 15 is 0 Å². The Morgan fingerprint density at radius 2 is 1.56 bits per heavy atom. The van der Waals surface area contributed by atoms with E-state index in [9.17, 15) is 14.4 Å². The summed E-state index contributed by atoms with van der Waals surface area (Å²) in [4.78, 5) is 39.4. The summed E-state index contributed by atoms with van der Waals surface area (Å²) in [6.45, 7) is 1.74. The van der Waals surface area contributed by atoms with Crippen LogP contribution in [0.4, 0.5) is 11.5 Å². The molecule has 3 amide bonds. The van der Waals surface area contributed by atoms with Gasteiger partial charge in [-0.2, -0.15) is 0 Å². The van der Waals surface area contributed by atoms with Gasteiger partial charge in [0.2, 0.25) is 11.7 Å². The Morgan fingerprint density at radius 3 is 2.14 bits per heavy atom. The first-order valence-electron chi connectivity index (χ1n) is 12.9. The smallest absolute Gasteiger partial charge is 0.272 e. The number of carbonyl (C=O) groups excluding carboxylic acids is 3. The molecule has 4 aromatic rings. The molecule has 0 aliphatic carbocycles. The molecule has 4 rings (SSSR count). The quantitative estimate of drug-likeness (QED) is 0.148. The average Bonchev–Trinajstić information content (AvgIpc) is 3.43. The maximum Gasteiger partial charge on any atom is 0.272 e. The van der Waals surface area contributed by atoms with Gasteiger partial charge in [0.25, 0.3) is 11.8 Å². The number of amides is 3. The Labute approximate surface area is 252 Å². The predicted octanol–water partition coefficient (Wildman–Crippen LogP) is 5.15. The van der Waals surface area contributed by atoms with Gasteiger partial charge in [0.15, 0.2) is 17.3 Å². The van der Waals surface area contributed by atoms with Crippen molar-refractivity contribution in [2.24, 2.45) is 0 Å². The molecule has 3 aromatic carbocycles. The molecule has 0 saturated heterocycles. The first kappa shape index (κ1) is 30.7. The maximum absolute atomic E-state index is 13.4. The Hall–Kier alpha value is -5.23. The fourth-order valence-electron chi connectivity index (χ4n) is 3.88. The Kier molecular flexibility index (Phi) is 10.4. The SMILES string of the molecule is COc1cc(/C=C(\NC(=O)c2ccccc2)C(=O)Nc2ccc(SCC(=O)Nc3cc(C)on3)cc2)cc(OC)c1OC. The van der Waals surface area contributed by atoms with E-state index in [1.54, 1.807) is 79.7 Å². The summed E-state index contributed by atoms with van der Waals surface area (Å²) in [5, 5.41) is 11.9. The Bertz CT molecular complexity index is 1590. The third-order valence-electron chi connectivity index (χ3n) is 5.90. The fourth-order valence-corrected chi connectivity index (χ4v) is 4.58. The van der Waals surface area contributed by atoms with E-state index in [-0.39, 0.29) is 17.4 Å². The third-order valence-corrected chi connectivity index (χ3v) is 6.92. The van der Waals surface area contributed by atoms with Gasteiger partial charge in [-0.1, -0.05) is 23.4 Å². The highest BCUT2D eigenvalue weighted by Gasteiger charge is 2.18. The van der Waals surface area contributed by atoms with E-state index in [0.717, 1.165) is 4.90 Å². The van der Waals surface area contributed by atoms with E-state index in [0.29, 0.717) is 45.6 Å². The minimum atomic E-state index is -0.555. The molecule has 0 aliphatic rings. The molecule has 1 heterocycles. The minimum absolute atomic E-state index is 0.0126. The molecule has 0 radical (unpaired) electrons. The number of carbonyl (C=O) groups is 3. The maximum atomic E-state index is 13.4. The van der Waals surface area contributed by atoms with Crippen LogP contribution in [0.25, 0.3) is 6.08 Å². The van der Waals surface area contributed by atoms with Crippen LogP contribution in [-0.2, 0) is 9.59 Å². The van der Waals surface area contributed by atoms with Gasteiger partial charge < -0.3 is 34.7 Å². The van der Waals surface area contributed by atoms with Crippen molar-refractivity contribution in [1.29, 1.82) is 0 Å². The number of nitrogens with one attached hydrogen (secondary N) is 3. The topological polar surface area (TPSA) is 141 Å². The number of anilines is 2. The zero-order chi connectivity index (χ0) is 30.8. The number of benzene rings is 3. The van der Waals surface area contributed by atoms with E-state index in [4.69, 9.17) is 18.7 Å². The van der Waals surface area contributed by atoms with Crippen LogP contribution in [0, 0.1) is 6.92 Å². The number of methoxy groups -OCH3 is 3. The first-order valence-corrected chi connectivity index (χ1v) is 13.9. The van der Waals surface area contributed by atoms with Crippen LogP contribution < -0.4 is 30.2 Å². The van der Waals surface area contributed by atoms with Crippen LogP contribution in [0.2, 0.25) is 0 Å². The second-order valence-electron chi connectivity index (χ2n) is 8.97. The molecular weight excluding hydrogens is 572 g/mol. The first-order chi connectivity index (χ1) is 20.8. The highest BCUT2D eigenvalue weighted by atomic mass is 32.2. The minimum Gasteiger partial charge on any atom is -0.493 e. The van der Waals surface area contributed by atoms with Crippen LogP contribution >= 0.6 is 11.8 Å². The van der Waals surface area contributed by atoms with Gasteiger partial charge >= 0.3 is 0 Å². The van der Waals surface area contributed by atoms with E-state index in [1.807, 2.05) is 0 Å². The van der Waals surface area contributed by atoms with Gasteiger partial charge in [-0.15, -0.1) is 11.8 Å². The molecule has 0 saturated carbocycles. The standard InChI is InChI=1S/C31H30N4O7S/c1-19-14-27(35-42-19)34-28(36)18-43-23-12-10-22(11-13-23)32-31(38)24(33-30(37)21-8-6-5-7-9-21)15-20-16-25(39-2)29(41-4)26(17-20)40-3/h5-17H,18H2,1-4H3,(H,32,38)(H,33,37)(H,34,35,36)/b24-15-. The number of aryl methyl sites for hydroxylation is 1. The van der Waals surface area contributed by atoms with Crippen molar-refractivity contribution in [3.05, 3.63) is 95.4 Å². The number of ether oxygens (including phenoxy) is 3. The van der Waals surface area contributed by atoms with E-state index in [1.165, 1.54) is 39.2 Å². The van der Waals surface area contributed by atoms with Crippen molar-refractivity contribution >= 4 is 47.1 Å². The lowest BCUT2D eigenvalue weighted by Gasteiger charge is -2.15. The largest absolute Gasteiger partial charge is 0.493 e. The second kappa shape index (κ2) is 14.6. The zero-order valence-corrected chi connectivity index (χ0v) is 24.7. The summed E-state index contributed by atoms with van der Waals surface area (Å²) < 4.78 is 21.2. The summed E-state index contributed by atoms with van der Waals surface area (Å²) in [5.41, 5.74) is 1.39. The zero-order valence-electron chi connectivity index (χ0n) is 23.9. The van der Waals surface area contributed by atoms with Gasteiger partial charge in [-0.05, 0) is 67.1 Å². The summed E-state index contributed by atoms with van der Waals surface area (Å²) in [6, 6.07) is 20.5. The van der Waals surface area contributed by atoms with Crippen LogP contribution in [-0.4, -0.2) is 50.0 Å². The molecule has 0 spiro atoms. The van der Waals surface area contributed by atoms with Crippen LogP contribution in [0.3, 0.4) is 0 Å². The highest BCUT2D eigenvalue weighted by molar-refractivity contribution is 8.00. The lowest BCUT2D eigenvalue weighted by molar-refractivity contribution is -0.114. The molecule has 0 aliphatic heterocycles. The molecule has 0 fully saturated rings. The van der Waals surface area contributed by atoms with E-state index < -0.39 is 11.8 Å². The number of nitrogens with zero attached hydrogens (tertiary/aromatic N) is 1. The molecule has 222 valence electrons. The summed E-state index contributed by atoms with van der Waals surface area (Å²) in [6.07, 6.45) is 1.51. The molecular formula is C31H30N4O7S. The Balaban J connectivity index is 1.50. The Morgan fingerprint density at radius 1 is 0.884 bits per heavy atom. The van der Waals surface area contributed by atoms with Gasteiger partial charge in [-0.3, -0.25) is 14.4 Å². The van der Waals surface area contributed by atoms with Crippen molar-refractivity contribution in [1.82, 2.24) is 10.5 Å². The average molecular weight is 603 g/mol. The number of hydrogen-bond donors (Lipinski definition) is 3. The summed E-state index contributed by atoms with van der Waals surface area (Å²) in [7, 11) is 4.47. The normalized spacial score (nSPS) is 10.9. The molecule has 1 aromatic heterocycles. The van der Waals surface area contributed by atoms with Gasteiger partial charge in [0, 0.05) is 22.2 Å². The number of thioether (sulfide) groups is 1. The monoisotopic (exact) mass is 602 g/mol. The van der Waals surface area contributed by atoms with Crippen molar-refractivity contribution in [3.8, 4) is 17.2 Å². The molecule has 0 bridgehead atoms. The van der Waals surface area contributed by atoms with E-state index in [2.05, 4.69) is 21.1 Å². The lowest BCUT2D eigenvalue weighted by atomic mass is 10.1. The molecule has 11 nitrogen and oxygen atoms in total. The predicted molar refractivity (Wildman–Crippen MR) is 164 cm³/mol. The van der Waals surface area contributed by atoms with Gasteiger partial charge in [0.1, 0.15) is 11.5 Å². The molecule has 0 unspecified atom stereocenters. The van der Waals surface area contributed by atoms with Gasteiger partial charge in [0.05, 0.1) is 27.1 Å². The van der Waals surface area contributed by atoms with Crippen LogP contribution in [0.15, 0.2) is 87.9 Å². The summed E-state index contributed by atoms with van der Waals surface area (Å²) in [5.74, 6) is 1.04. The highest BCUT2D eigenvalue weighted by Crippen LogP contribution is 2.38. The molecule has 12 heteroatoms. The fraction of sp³-hybridized carbons (Fsp3) is 0.161.